The summed E-state index contributed by atoms with van der Waals surface area (Å²) in [5.74, 6) is 0.617. The van der Waals surface area contributed by atoms with Crippen molar-refractivity contribution in [2.45, 2.75) is 69.7 Å². The van der Waals surface area contributed by atoms with Gasteiger partial charge in [-0.1, -0.05) is 49.1 Å². The van der Waals surface area contributed by atoms with Gasteiger partial charge in [-0.3, -0.25) is 14.6 Å². The molecule has 3 aromatic carbocycles. The molecule has 0 saturated carbocycles. The lowest BCUT2D eigenvalue weighted by Crippen LogP contribution is -2.68. The number of phenolic OH excluding ortho intramolecular Hbond substituents is 2. The number of phenols is 2. The van der Waals surface area contributed by atoms with E-state index >= 15 is 0 Å². The van der Waals surface area contributed by atoms with Crippen molar-refractivity contribution in [2.24, 2.45) is 0 Å². The molecule has 50 heavy (non-hydrogen) atoms. The van der Waals surface area contributed by atoms with Crippen LogP contribution in [0.25, 0.3) is 0 Å². The first-order valence-corrected chi connectivity index (χ1v) is 16.8. The SMILES string of the molecule is C=CCOC(=O)Oc1c(C)c2c(c3c1CC1[C@@H]4c5c(cc(C)c(O)c5O)C[C@H]([C@H](C#N)N1[C@H]3CNC(=O)CCc1ccccc1)N4C)OCO2. The summed E-state index contributed by atoms with van der Waals surface area (Å²) in [4.78, 5) is 30.5. The second kappa shape index (κ2) is 13.2. The number of benzene rings is 3. The zero-order valence-corrected chi connectivity index (χ0v) is 28.3. The molecule has 3 N–H and O–H groups in total. The summed E-state index contributed by atoms with van der Waals surface area (Å²) in [6, 6.07) is 11.8. The van der Waals surface area contributed by atoms with Crippen LogP contribution in [-0.2, 0) is 28.8 Å². The number of likely N-dealkylation sites (N-methyl/N-ethyl adjacent to an activating group) is 1. The van der Waals surface area contributed by atoms with Crippen LogP contribution in [-0.4, -0.2) is 77.2 Å². The second-order valence-corrected chi connectivity index (χ2v) is 13.3. The number of carbonyl (C=O) groups excluding carboxylic acids is 2. The molecule has 5 atom stereocenters. The first-order chi connectivity index (χ1) is 24.1. The van der Waals surface area contributed by atoms with Gasteiger partial charge >= 0.3 is 6.16 Å². The number of nitriles is 1. The van der Waals surface area contributed by atoms with Crippen LogP contribution >= 0.6 is 0 Å². The highest BCUT2D eigenvalue weighted by Crippen LogP contribution is 2.58. The Morgan fingerprint density at radius 3 is 2.60 bits per heavy atom. The van der Waals surface area contributed by atoms with Crippen molar-refractivity contribution in [3.8, 4) is 34.8 Å². The summed E-state index contributed by atoms with van der Waals surface area (Å²) in [6.07, 6.45) is 2.10. The minimum Gasteiger partial charge on any atom is -0.504 e. The zero-order chi connectivity index (χ0) is 35.3. The maximum Gasteiger partial charge on any atom is 0.514 e. The van der Waals surface area contributed by atoms with Gasteiger partial charge in [0, 0.05) is 47.3 Å². The third kappa shape index (κ3) is 5.47. The predicted octanol–water partition coefficient (Wildman–Crippen LogP) is 4.67. The van der Waals surface area contributed by atoms with Crippen LogP contribution in [0.4, 0.5) is 4.79 Å². The lowest BCUT2D eigenvalue weighted by Gasteiger charge is -2.60. The molecule has 1 amide bonds. The highest BCUT2D eigenvalue weighted by molar-refractivity contribution is 5.76. The molecule has 1 unspecified atom stereocenters. The van der Waals surface area contributed by atoms with E-state index in [-0.39, 0.29) is 62.0 Å². The van der Waals surface area contributed by atoms with Crippen molar-refractivity contribution < 1.29 is 38.7 Å². The van der Waals surface area contributed by atoms with Crippen LogP contribution in [0.3, 0.4) is 0 Å². The van der Waals surface area contributed by atoms with Crippen molar-refractivity contribution in [3.63, 3.8) is 0 Å². The Balaban J connectivity index is 1.36. The molecule has 0 radical (unpaired) electrons. The van der Waals surface area contributed by atoms with E-state index in [4.69, 9.17) is 18.9 Å². The highest BCUT2D eigenvalue weighted by Gasteiger charge is 2.56. The molecule has 4 aliphatic rings. The van der Waals surface area contributed by atoms with Crippen LogP contribution in [0.5, 0.6) is 28.7 Å². The van der Waals surface area contributed by atoms with Crippen LogP contribution < -0.4 is 19.5 Å². The molecule has 0 aromatic heterocycles. The Morgan fingerprint density at radius 2 is 1.86 bits per heavy atom. The van der Waals surface area contributed by atoms with Gasteiger partial charge in [0.25, 0.3) is 0 Å². The number of fused-ring (bicyclic) bond motifs is 9. The number of rotatable bonds is 8. The molecule has 12 heteroatoms. The molecule has 1 saturated heterocycles. The van der Waals surface area contributed by atoms with Crippen LogP contribution in [0.15, 0.2) is 49.1 Å². The van der Waals surface area contributed by atoms with Gasteiger partial charge in [-0.15, -0.1) is 0 Å². The minimum absolute atomic E-state index is 0.0459. The number of nitrogens with zero attached hydrogens (tertiary/aromatic N) is 3. The molecular weight excluding hydrogens is 640 g/mol. The number of nitrogens with one attached hydrogen (secondary N) is 1. The second-order valence-electron chi connectivity index (χ2n) is 13.3. The number of amides is 1. The topological polar surface area (TPSA) is 154 Å². The van der Waals surface area contributed by atoms with E-state index in [1.54, 1.807) is 13.8 Å². The van der Waals surface area contributed by atoms with Gasteiger partial charge in [0.2, 0.25) is 12.7 Å². The molecule has 260 valence electrons. The number of piperazine rings is 1. The number of hydrogen-bond acceptors (Lipinski definition) is 11. The van der Waals surface area contributed by atoms with Crippen molar-refractivity contribution in [2.75, 3.05) is 27.0 Å². The number of carbonyl (C=O) groups is 2. The van der Waals surface area contributed by atoms with Crippen LogP contribution in [0, 0.1) is 25.2 Å². The standard InChI is InChI=1S/C38H40N4O8/c1-5-13-47-38(46)50-35-21(3)36-37(49-19-48-36)31-24(35)16-26-32-30-23(14-20(2)33(44)34(30)45)15-25(41(32)4)27(17-39)42(26)28(31)18-40-29(43)12-11-22-9-7-6-8-10-22/h5-10,14,25-28,32,44-45H,1,11-13,15-16,18-19H2,2-4H3,(H,40,43)/t25-,26?,27+,28+,32-/m1/s1. The quantitative estimate of drug-likeness (QED) is 0.132. The first-order valence-electron chi connectivity index (χ1n) is 16.8. The predicted molar refractivity (Wildman–Crippen MR) is 181 cm³/mol. The summed E-state index contributed by atoms with van der Waals surface area (Å²) in [6.45, 7) is 7.15. The molecule has 3 aromatic rings. The fourth-order valence-corrected chi connectivity index (χ4v) is 8.36. The number of aryl methyl sites for hydroxylation is 2. The summed E-state index contributed by atoms with van der Waals surface area (Å²) in [5.41, 5.74) is 4.92. The Labute approximate surface area is 290 Å². The van der Waals surface area contributed by atoms with Crippen molar-refractivity contribution in [1.82, 2.24) is 15.1 Å². The number of hydrogen-bond donors (Lipinski definition) is 3. The van der Waals surface area contributed by atoms with E-state index in [9.17, 15) is 25.1 Å². The summed E-state index contributed by atoms with van der Waals surface area (Å²) < 4.78 is 23.1. The molecule has 1 fully saturated rings. The lowest BCUT2D eigenvalue weighted by molar-refractivity contribution is -0.122. The van der Waals surface area contributed by atoms with Crippen LogP contribution in [0.2, 0.25) is 0 Å². The minimum atomic E-state index is -0.918. The monoisotopic (exact) mass is 680 g/mol. The molecule has 12 nitrogen and oxygen atoms in total. The van der Waals surface area contributed by atoms with Gasteiger partial charge in [0.15, 0.2) is 23.0 Å². The van der Waals surface area contributed by atoms with Gasteiger partial charge in [-0.2, -0.15) is 5.26 Å². The van der Waals surface area contributed by atoms with Gasteiger partial charge in [-0.05, 0) is 56.8 Å². The average molecular weight is 681 g/mol. The number of ether oxygens (including phenoxy) is 4. The molecular formula is C38H40N4O8. The van der Waals surface area contributed by atoms with Gasteiger partial charge in [-0.25, -0.2) is 4.79 Å². The lowest BCUT2D eigenvalue weighted by atomic mass is 9.71. The Kier molecular flexibility index (Phi) is 8.80. The maximum atomic E-state index is 13.4. The third-order valence-electron chi connectivity index (χ3n) is 10.6. The van der Waals surface area contributed by atoms with Gasteiger partial charge < -0.3 is 34.5 Å². The normalized spacial score (nSPS) is 23.1. The zero-order valence-electron chi connectivity index (χ0n) is 28.3. The molecule has 4 heterocycles. The van der Waals surface area contributed by atoms with E-state index in [1.165, 1.54) is 6.08 Å². The Hall–Kier alpha value is -5.25. The number of aromatic hydroxyl groups is 2. The van der Waals surface area contributed by atoms with E-state index in [0.717, 1.165) is 11.1 Å². The summed E-state index contributed by atoms with van der Waals surface area (Å²) >= 11 is 0. The van der Waals surface area contributed by atoms with Crippen molar-refractivity contribution >= 4 is 12.1 Å². The van der Waals surface area contributed by atoms with Crippen LogP contribution in [0.1, 0.15) is 57.4 Å². The Bertz CT molecular complexity index is 1910. The maximum absolute atomic E-state index is 13.4. The fraction of sp³-hybridized carbons (Fsp3) is 0.395. The van der Waals surface area contributed by atoms with Crippen molar-refractivity contribution in [3.05, 3.63) is 88.0 Å². The molecule has 0 aliphatic carbocycles. The first kappa shape index (κ1) is 33.3. The van der Waals surface area contributed by atoms with E-state index in [1.807, 2.05) is 43.4 Å². The largest absolute Gasteiger partial charge is 0.514 e. The highest BCUT2D eigenvalue weighted by atomic mass is 16.7. The molecule has 0 spiro atoms. The van der Waals surface area contributed by atoms with Crippen molar-refractivity contribution in [1.29, 1.82) is 5.26 Å². The van der Waals surface area contributed by atoms with Gasteiger partial charge in [0.1, 0.15) is 18.4 Å². The van der Waals surface area contributed by atoms with Gasteiger partial charge in [0.05, 0.1) is 18.2 Å². The molecule has 4 aliphatic heterocycles. The third-order valence-corrected chi connectivity index (χ3v) is 10.6. The van der Waals surface area contributed by atoms with E-state index in [2.05, 4.69) is 27.8 Å². The van der Waals surface area contributed by atoms with E-state index in [0.29, 0.717) is 52.2 Å². The summed E-state index contributed by atoms with van der Waals surface area (Å²) in [5, 5.41) is 36.3. The Morgan fingerprint density at radius 1 is 1.10 bits per heavy atom. The average Bonchev–Trinajstić information content (AvgIpc) is 3.61. The summed E-state index contributed by atoms with van der Waals surface area (Å²) in [7, 11) is 1.93. The molecule has 7 rings (SSSR count). The van der Waals surface area contributed by atoms with E-state index < -0.39 is 30.3 Å². The molecule has 2 bridgehead atoms. The smallest absolute Gasteiger partial charge is 0.504 e. The fourth-order valence-electron chi connectivity index (χ4n) is 8.36.